The number of carbonyl (C=O) groups is 2. The number of hydrazone groups is 2. The summed E-state index contributed by atoms with van der Waals surface area (Å²) in [6, 6.07) is 11.1. The summed E-state index contributed by atoms with van der Waals surface area (Å²) in [5, 5.41) is 7.36. The van der Waals surface area contributed by atoms with Crippen molar-refractivity contribution >= 4 is 24.2 Å². The van der Waals surface area contributed by atoms with Crippen LogP contribution in [0.4, 0.5) is 8.78 Å². The van der Waals surface area contributed by atoms with Gasteiger partial charge in [0.2, 0.25) is 0 Å². The molecule has 0 atom stereocenters. The Bertz CT molecular complexity index is 752. The molecule has 27 heavy (non-hydrogen) atoms. The van der Waals surface area contributed by atoms with E-state index in [0.29, 0.717) is 11.1 Å². The molecule has 0 saturated heterocycles. The summed E-state index contributed by atoms with van der Waals surface area (Å²) >= 11 is 0. The van der Waals surface area contributed by atoms with Crippen LogP contribution in [0.15, 0.2) is 58.7 Å². The number of hydrogen-bond acceptors (Lipinski definition) is 5. The van der Waals surface area contributed by atoms with Gasteiger partial charge in [-0.2, -0.15) is 10.2 Å². The Morgan fingerprint density at radius 3 is 1.52 bits per heavy atom. The summed E-state index contributed by atoms with van der Waals surface area (Å²) in [5.74, 6) is -1.86. The Balaban J connectivity index is 1.61. The van der Waals surface area contributed by atoms with Crippen LogP contribution in [0.1, 0.15) is 11.1 Å². The third-order valence-corrected chi connectivity index (χ3v) is 3.01. The molecule has 7 nitrogen and oxygen atoms in total. The lowest BCUT2D eigenvalue weighted by molar-refractivity contribution is -0.130. The molecule has 0 saturated carbocycles. The Kier molecular flexibility index (Phi) is 7.73. The van der Waals surface area contributed by atoms with Gasteiger partial charge in [-0.25, -0.2) is 19.6 Å². The highest BCUT2D eigenvalue weighted by atomic mass is 19.1. The first-order valence-corrected chi connectivity index (χ1v) is 7.75. The highest BCUT2D eigenvalue weighted by Crippen LogP contribution is 2.00. The number of nitrogens with zero attached hydrogens (tertiary/aromatic N) is 2. The van der Waals surface area contributed by atoms with E-state index in [1.54, 1.807) is 0 Å². The first-order valence-electron chi connectivity index (χ1n) is 7.75. The van der Waals surface area contributed by atoms with Crippen molar-refractivity contribution in [2.45, 2.75) is 0 Å². The lowest BCUT2D eigenvalue weighted by Gasteiger charge is -2.02. The Morgan fingerprint density at radius 2 is 1.15 bits per heavy atom. The van der Waals surface area contributed by atoms with Crippen LogP contribution < -0.4 is 10.9 Å². The number of benzene rings is 2. The number of carbonyl (C=O) groups excluding carboxylic acids is 2. The van der Waals surface area contributed by atoms with Gasteiger partial charge in [-0.15, -0.1) is 0 Å². The Labute approximate surface area is 153 Å². The fraction of sp³-hybridized carbons (Fsp3) is 0.111. The van der Waals surface area contributed by atoms with Crippen molar-refractivity contribution in [2.75, 3.05) is 13.2 Å². The van der Waals surface area contributed by atoms with Gasteiger partial charge in [0.25, 0.3) is 11.8 Å². The Hall–Kier alpha value is -3.46. The second kappa shape index (κ2) is 10.5. The summed E-state index contributed by atoms with van der Waals surface area (Å²) < 4.78 is 30.4. The Morgan fingerprint density at radius 1 is 0.778 bits per heavy atom. The average molecular weight is 374 g/mol. The number of rotatable bonds is 8. The van der Waals surface area contributed by atoms with Crippen LogP contribution in [0.5, 0.6) is 0 Å². The predicted molar refractivity (Wildman–Crippen MR) is 95.1 cm³/mol. The molecular weight excluding hydrogens is 358 g/mol. The molecule has 0 radical (unpaired) electrons. The summed E-state index contributed by atoms with van der Waals surface area (Å²) in [4.78, 5) is 23.0. The minimum atomic E-state index is -0.559. The smallest absolute Gasteiger partial charge is 0.266 e. The summed E-state index contributed by atoms with van der Waals surface area (Å²) in [6.45, 7) is -0.758. The number of hydrogen-bond donors (Lipinski definition) is 2. The summed E-state index contributed by atoms with van der Waals surface area (Å²) in [5.41, 5.74) is 5.63. The second-order valence-corrected chi connectivity index (χ2v) is 5.18. The molecule has 2 aromatic rings. The zero-order chi connectivity index (χ0) is 19.5. The molecule has 2 N–H and O–H groups in total. The standard InChI is InChI=1S/C18H16F2N4O3/c19-15-5-1-13(2-6-15)9-21-23-17(25)11-27-12-18(26)24-22-10-14-3-7-16(20)8-4-14/h1-10H,11-12H2,(H,23,25)(H,24,26)/b21-9-,22-10+. The lowest BCUT2D eigenvalue weighted by atomic mass is 10.2. The van der Waals surface area contributed by atoms with Crippen LogP contribution in [-0.2, 0) is 14.3 Å². The van der Waals surface area contributed by atoms with Crippen molar-refractivity contribution in [1.82, 2.24) is 10.9 Å². The summed E-state index contributed by atoms with van der Waals surface area (Å²) in [7, 11) is 0. The molecule has 2 rings (SSSR count). The molecule has 0 spiro atoms. The lowest BCUT2D eigenvalue weighted by Crippen LogP contribution is -2.28. The van der Waals surface area contributed by atoms with Crippen LogP contribution in [0.2, 0.25) is 0 Å². The first kappa shape index (κ1) is 19.9. The van der Waals surface area contributed by atoms with Crippen LogP contribution in [0, 0.1) is 11.6 Å². The summed E-state index contributed by atoms with van der Waals surface area (Å²) in [6.07, 6.45) is 2.68. The van der Waals surface area contributed by atoms with Gasteiger partial charge in [-0.1, -0.05) is 24.3 Å². The van der Waals surface area contributed by atoms with Crippen molar-refractivity contribution in [3.05, 3.63) is 71.3 Å². The van der Waals surface area contributed by atoms with Gasteiger partial charge in [0.05, 0.1) is 12.4 Å². The van der Waals surface area contributed by atoms with Gasteiger partial charge in [0.1, 0.15) is 24.8 Å². The fourth-order valence-electron chi connectivity index (χ4n) is 1.76. The molecule has 9 heteroatoms. The highest BCUT2D eigenvalue weighted by Gasteiger charge is 2.03. The van der Waals surface area contributed by atoms with E-state index in [9.17, 15) is 18.4 Å². The maximum absolute atomic E-state index is 12.7. The SMILES string of the molecule is O=C(COCC(=O)N/N=C/c1ccc(F)cc1)N/N=C\c1ccc(F)cc1. The molecule has 140 valence electrons. The average Bonchev–Trinajstić information content (AvgIpc) is 2.65. The van der Waals surface area contributed by atoms with Crippen LogP contribution >= 0.6 is 0 Å². The third-order valence-electron chi connectivity index (χ3n) is 3.01. The zero-order valence-corrected chi connectivity index (χ0v) is 14.1. The van der Waals surface area contributed by atoms with Gasteiger partial charge >= 0.3 is 0 Å². The van der Waals surface area contributed by atoms with E-state index in [0.717, 1.165) is 0 Å². The quantitative estimate of drug-likeness (QED) is 0.543. The molecule has 0 bridgehead atoms. The number of amides is 2. The topological polar surface area (TPSA) is 92.2 Å². The van der Waals surface area contributed by atoms with Crippen molar-refractivity contribution in [2.24, 2.45) is 10.2 Å². The van der Waals surface area contributed by atoms with Crippen molar-refractivity contribution < 1.29 is 23.1 Å². The molecule has 0 heterocycles. The van der Waals surface area contributed by atoms with Gasteiger partial charge in [0.15, 0.2) is 0 Å². The van der Waals surface area contributed by atoms with E-state index in [1.807, 2.05) is 0 Å². The third kappa shape index (κ3) is 7.97. The van der Waals surface area contributed by atoms with Crippen LogP contribution in [0.25, 0.3) is 0 Å². The van der Waals surface area contributed by atoms with Gasteiger partial charge in [0, 0.05) is 0 Å². The predicted octanol–water partition coefficient (Wildman–Crippen LogP) is 1.58. The fourth-order valence-corrected chi connectivity index (χ4v) is 1.76. The monoisotopic (exact) mass is 374 g/mol. The molecule has 0 aliphatic rings. The van der Waals surface area contributed by atoms with Gasteiger partial charge in [-0.05, 0) is 35.4 Å². The number of ether oxygens (including phenoxy) is 1. The molecule has 0 aliphatic heterocycles. The van der Waals surface area contributed by atoms with E-state index < -0.39 is 11.8 Å². The van der Waals surface area contributed by atoms with E-state index in [-0.39, 0.29) is 24.8 Å². The van der Waals surface area contributed by atoms with Crippen LogP contribution in [0.3, 0.4) is 0 Å². The molecule has 2 aromatic carbocycles. The number of halogens is 2. The maximum Gasteiger partial charge on any atom is 0.266 e. The van der Waals surface area contributed by atoms with Crippen molar-refractivity contribution in [3.8, 4) is 0 Å². The second-order valence-electron chi connectivity index (χ2n) is 5.18. The van der Waals surface area contributed by atoms with E-state index >= 15 is 0 Å². The maximum atomic E-state index is 12.7. The number of nitrogens with one attached hydrogen (secondary N) is 2. The molecular formula is C18H16F2N4O3. The molecule has 0 aromatic heterocycles. The van der Waals surface area contributed by atoms with E-state index in [2.05, 4.69) is 21.1 Å². The van der Waals surface area contributed by atoms with Gasteiger partial charge in [-0.3, -0.25) is 9.59 Å². The zero-order valence-electron chi connectivity index (χ0n) is 14.1. The van der Waals surface area contributed by atoms with E-state index in [1.165, 1.54) is 61.0 Å². The van der Waals surface area contributed by atoms with Crippen molar-refractivity contribution in [3.63, 3.8) is 0 Å². The normalized spacial score (nSPS) is 11.0. The van der Waals surface area contributed by atoms with E-state index in [4.69, 9.17) is 4.74 Å². The minimum absolute atomic E-state index is 0.370. The van der Waals surface area contributed by atoms with Crippen molar-refractivity contribution in [1.29, 1.82) is 0 Å². The molecule has 2 amide bonds. The first-order chi connectivity index (χ1) is 13.0. The van der Waals surface area contributed by atoms with Gasteiger partial charge < -0.3 is 4.74 Å². The minimum Gasteiger partial charge on any atom is -0.362 e. The molecule has 0 unspecified atom stereocenters. The highest BCUT2D eigenvalue weighted by molar-refractivity contribution is 5.84. The largest absolute Gasteiger partial charge is 0.362 e. The van der Waals surface area contributed by atoms with Crippen LogP contribution in [-0.4, -0.2) is 37.5 Å². The molecule has 0 aliphatic carbocycles. The molecule has 0 fully saturated rings.